The first-order valence-corrected chi connectivity index (χ1v) is 10.0. The highest BCUT2D eigenvalue weighted by Crippen LogP contribution is 2.14. The third kappa shape index (κ3) is 7.39. The molecule has 1 atom stereocenters. The summed E-state index contributed by atoms with van der Waals surface area (Å²) >= 11 is 0. The van der Waals surface area contributed by atoms with Crippen molar-refractivity contribution in [1.82, 2.24) is 15.5 Å². The Kier molecular flexibility index (Phi) is 8.88. The van der Waals surface area contributed by atoms with Crippen molar-refractivity contribution in [3.05, 3.63) is 29.8 Å². The van der Waals surface area contributed by atoms with Crippen LogP contribution in [0.15, 0.2) is 29.3 Å². The number of ether oxygens (including phenoxy) is 2. The topological polar surface area (TPSA) is 58.1 Å². The van der Waals surface area contributed by atoms with Crippen LogP contribution < -0.4 is 15.4 Å². The Morgan fingerprint density at radius 1 is 1.11 bits per heavy atom. The molecule has 0 aromatic heterocycles. The summed E-state index contributed by atoms with van der Waals surface area (Å²) in [5.41, 5.74) is 1.20. The van der Waals surface area contributed by atoms with E-state index in [0.29, 0.717) is 12.0 Å². The predicted octanol–water partition coefficient (Wildman–Crippen LogP) is 2.50. The Balaban J connectivity index is 1.82. The van der Waals surface area contributed by atoms with E-state index >= 15 is 0 Å². The quantitative estimate of drug-likeness (QED) is 0.539. The van der Waals surface area contributed by atoms with Gasteiger partial charge in [0.15, 0.2) is 5.96 Å². The number of guanidine groups is 1. The Bertz CT molecular complexity index is 566. The molecule has 152 valence electrons. The van der Waals surface area contributed by atoms with Crippen LogP contribution in [0.25, 0.3) is 0 Å². The molecule has 6 heteroatoms. The molecule has 1 saturated heterocycles. The number of hydrogen-bond acceptors (Lipinski definition) is 4. The standard InChI is InChI=1S/C21H36N4O2/c1-16(2)20(25-10-12-26-13-11-25)15-24-21(22-5)23-14-18-6-8-19(9-7-18)27-17(3)4/h6-9,16-17,20H,10-15H2,1-5H3,(H2,22,23,24). The first-order chi connectivity index (χ1) is 13.0. The number of rotatable bonds is 8. The molecule has 0 bridgehead atoms. The second kappa shape index (κ2) is 11.1. The number of benzene rings is 1. The molecule has 1 aliphatic heterocycles. The molecule has 6 nitrogen and oxygen atoms in total. The van der Waals surface area contributed by atoms with Gasteiger partial charge in [-0.3, -0.25) is 9.89 Å². The SMILES string of the molecule is CN=C(NCc1ccc(OC(C)C)cc1)NCC(C(C)C)N1CCOCC1. The number of nitrogens with one attached hydrogen (secondary N) is 2. The molecule has 1 heterocycles. The molecule has 27 heavy (non-hydrogen) atoms. The van der Waals surface area contributed by atoms with E-state index in [9.17, 15) is 0 Å². The molecule has 1 fully saturated rings. The van der Waals surface area contributed by atoms with Crippen LogP contribution in [0.1, 0.15) is 33.3 Å². The molecule has 0 spiro atoms. The minimum Gasteiger partial charge on any atom is -0.491 e. The molecular formula is C21H36N4O2. The van der Waals surface area contributed by atoms with Crippen LogP contribution in [0.2, 0.25) is 0 Å². The molecule has 2 rings (SSSR count). The molecule has 0 amide bonds. The zero-order valence-electron chi connectivity index (χ0n) is 17.5. The highest BCUT2D eigenvalue weighted by Gasteiger charge is 2.23. The van der Waals surface area contributed by atoms with Crippen LogP contribution in [-0.2, 0) is 11.3 Å². The average molecular weight is 377 g/mol. The Hall–Kier alpha value is -1.79. The van der Waals surface area contributed by atoms with Gasteiger partial charge in [0.25, 0.3) is 0 Å². The maximum atomic E-state index is 5.69. The molecule has 1 aromatic carbocycles. The molecule has 1 aliphatic rings. The first kappa shape index (κ1) is 21.5. The van der Waals surface area contributed by atoms with E-state index in [2.05, 4.69) is 46.5 Å². The summed E-state index contributed by atoms with van der Waals surface area (Å²) in [6, 6.07) is 8.67. The summed E-state index contributed by atoms with van der Waals surface area (Å²) in [6.45, 7) is 13.9. The molecule has 0 saturated carbocycles. The number of aliphatic imine (C=N–C) groups is 1. The smallest absolute Gasteiger partial charge is 0.191 e. The highest BCUT2D eigenvalue weighted by molar-refractivity contribution is 5.79. The Morgan fingerprint density at radius 3 is 2.33 bits per heavy atom. The minimum absolute atomic E-state index is 0.192. The van der Waals surface area contributed by atoms with Crippen molar-refractivity contribution in [1.29, 1.82) is 0 Å². The molecule has 2 N–H and O–H groups in total. The van der Waals surface area contributed by atoms with Crippen molar-refractivity contribution in [2.45, 2.75) is 46.4 Å². The average Bonchev–Trinajstić information content (AvgIpc) is 2.65. The van der Waals surface area contributed by atoms with Crippen LogP contribution in [0, 0.1) is 5.92 Å². The van der Waals surface area contributed by atoms with Gasteiger partial charge in [0.1, 0.15) is 5.75 Å². The fraction of sp³-hybridized carbons (Fsp3) is 0.667. The normalized spacial score (nSPS) is 17.2. The van der Waals surface area contributed by atoms with Gasteiger partial charge in [-0.15, -0.1) is 0 Å². The van der Waals surface area contributed by atoms with E-state index in [4.69, 9.17) is 9.47 Å². The molecule has 1 unspecified atom stereocenters. The van der Waals surface area contributed by atoms with E-state index < -0.39 is 0 Å². The summed E-state index contributed by atoms with van der Waals surface area (Å²) in [5.74, 6) is 2.31. The minimum atomic E-state index is 0.192. The Labute approximate surface area is 164 Å². The summed E-state index contributed by atoms with van der Waals surface area (Å²) < 4.78 is 11.2. The van der Waals surface area contributed by atoms with Gasteiger partial charge in [-0.1, -0.05) is 26.0 Å². The van der Waals surface area contributed by atoms with Crippen molar-refractivity contribution >= 4 is 5.96 Å². The summed E-state index contributed by atoms with van der Waals surface area (Å²) in [4.78, 5) is 6.88. The van der Waals surface area contributed by atoms with E-state index in [0.717, 1.165) is 51.1 Å². The molecule has 1 aromatic rings. The largest absolute Gasteiger partial charge is 0.491 e. The fourth-order valence-corrected chi connectivity index (χ4v) is 3.26. The van der Waals surface area contributed by atoms with Gasteiger partial charge >= 0.3 is 0 Å². The third-order valence-electron chi connectivity index (χ3n) is 4.74. The maximum Gasteiger partial charge on any atom is 0.191 e. The van der Waals surface area contributed by atoms with E-state index in [1.165, 1.54) is 5.56 Å². The van der Waals surface area contributed by atoms with Gasteiger partial charge in [-0.25, -0.2) is 0 Å². The van der Waals surface area contributed by atoms with E-state index in [1.54, 1.807) is 0 Å². The van der Waals surface area contributed by atoms with Gasteiger partial charge in [0.2, 0.25) is 0 Å². The molecular weight excluding hydrogens is 340 g/mol. The van der Waals surface area contributed by atoms with Crippen molar-refractivity contribution in [2.24, 2.45) is 10.9 Å². The van der Waals surface area contributed by atoms with Crippen LogP contribution >= 0.6 is 0 Å². The van der Waals surface area contributed by atoms with Crippen LogP contribution in [0.5, 0.6) is 5.75 Å². The van der Waals surface area contributed by atoms with Crippen LogP contribution in [-0.4, -0.2) is 62.9 Å². The predicted molar refractivity (Wildman–Crippen MR) is 111 cm³/mol. The van der Waals surface area contributed by atoms with Gasteiger partial charge in [-0.05, 0) is 37.5 Å². The van der Waals surface area contributed by atoms with Crippen LogP contribution in [0.3, 0.4) is 0 Å². The second-order valence-corrected chi connectivity index (χ2v) is 7.58. The zero-order chi connectivity index (χ0) is 19.6. The molecule has 0 radical (unpaired) electrons. The summed E-state index contributed by atoms with van der Waals surface area (Å²) in [7, 11) is 1.81. The lowest BCUT2D eigenvalue weighted by atomic mass is 10.0. The second-order valence-electron chi connectivity index (χ2n) is 7.58. The van der Waals surface area contributed by atoms with Gasteiger partial charge in [0.05, 0.1) is 19.3 Å². The zero-order valence-corrected chi connectivity index (χ0v) is 17.5. The number of hydrogen-bond donors (Lipinski definition) is 2. The summed E-state index contributed by atoms with van der Waals surface area (Å²) in [5, 5.41) is 6.89. The lowest BCUT2D eigenvalue weighted by Crippen LogP contribution is -2.52. The first-order valence-electron chi connectivity index (χ1n) is 10.0. The fourth-order valence-electron chi connectivity index (χ4n) is 3.26. The molecule has 0 aliphatic carbocycles. The third-order valence-corrected chi connectivity index (χ3v) is 4.74. The summed E-state index contributed by atoms with van der Waals surface area (Å²) in [6.07, 6.45) is 0.192. The van der Waals surface area contributed by atoms with E-state index in [-0.39, 0.29) is 6.10 Å². The van der Waals surface area contributed by atoms with E-state index in [1.807, 2.05) is 33.0 Å². The number of morpholine rings is 1. The number of nitrogens with zero attached hydrogens (tertiary/aromatic N) is 2. The Morgan fingerprint density at radius 2 is 1.78 bits per heavy atom. The highest BCUT2D eigenvalue weighted by atomic mass is 16.5. The lowest BCUT2D eigenvalue weighted by molar-refractivity contribution is 0.00752. The monoisotopic (exact) mass is 376 g/mol. The maximum absolute atomic E-state index is 5.69. The van der Waals surface area contributed by atoms with Crippen molar-refractivity contribution < 1.29 is 9.47 Å². The lowest BCUT2D eigenvalue weighted by Gasteiger charge is -2.37. The van der Waals surface area contributed by atoms with Crippen molar-refractivity contribution in [3.63, 3.8) is 0 Å². The van der Waals surface area contributed by atoms with Crippen LogP contribution in [0.4, 0.5) is 0 Å². The van der Waals surface area contributed by atoms with Gasteiger partial charge < -0.3 is 20.1 Å². The van der Waals surface area contributed by atoms with Gasteiger partial charge in [-0.2, -0.15) is 0 Å². The van der Waals surface area contributed by atoms with Gasteiger partial charge in [0, 0.05) is 39.3 Å². The van der Waals surface area contributed by atoms with Crippen molar-refractivity contribution in [3.8, 4) is 5.75 Å². The van der Waals surface area contributed by atoms with Crippen molar-refractivity contribution in [2.75, 3.05) is 39.9 Å².